The van der Waals surface area contributed by atoms with Crippen molar-refractivity contribution in [1.82, 2.24) is 5.32 Å². The lowest BCUT2D eigenvalue weighted by molar-refractivity contribution is 0.192. The quantitative estimate of drug-likeness (QED) is 0.795. The van der Waals surface area contributed by atoms with Crippen LogP contribution in [-0.4, -0.2) is 24.3 Å². The molecule has 1 aliphatic carbocycles. The molecule has 2 amide bonds. The van der Waals surface area contributed by atoms with Gasteiger partial charge in [0.1, 0.15) is 0 Å². The standard InChI is InChI=1S/C14H18Cl2N2O2/c15-11-4-5-12(16)13(6-11)18-14(20)17-7-9-2-1-3-10(9)8-19/h4-6,9-10,19H,1-3,7-8H2,(H2,17,18,20). The molecule has 2 atom stereocenters. The van der Waals surface area contributed by atoms with Crippen LogP contribution in [0.5, 0.6) is 0 Å². The van der Waals surface area contributed by atoms with Gasteiger partial charge in [0.05, 0.1) is 10.7 Å². The van der Waals surface area contributed by atoms with E-state index in [2.05, 4.69) is 10.6 Å². The van der Waals surface area contributed by atoms with E-state index in [9.17, 15) is 9.90 Å². The molecule has 20 heavy (non-hydrogen) atoms. The second kappa shape index (κ2) is 7.16. The zero-order valence-electron chi connectivity index (χ0n) is 11.0. The molecule has 6 heteroatoms. The fourth-order valence-corrected chi connectivity index (χ4v) is 2.94. The molecule has 0 radical (unpaired) electrons. The van der Waals surface area contributed by atoms with Crippen LogP contribution in [-0.2, 0) is 0 Å². The van der Waals surface area contributed by atoms with Gasteiger partial charge in [0, 0.05) is 18.2 Å². The van der Waals surface area contributed by atoms with Crippen LogP contribution in [0.15, 0.2) is 18.2 Å². The number of anilines is 1. The van der Waals surface area contributed by atoms with Crippen LogP contribution >= 0.6 is 23.2 Å². The Hall–Kier alpha value is -0.970. The van der Waals surface area contributed by atoms with E-state index < -0.39 is 0 Å². The first-order valence-electron chi connectivity index (χ1n) is 6.71. The SMILES string of the molecule is O=C(NCC1CCCC1CO)Nc1cc(Cl)ccc1Cl. The van der Waals surface area contributed by atoms with E-state index in [-0.39, 0.29) is 12.6 Å². The summed E-state index contributed by atoms with van der Waals surface area (Å²) in [6, 6.07) is 4.60. The van der Waals surface area contributed by atoms with Crippen LogP contribution < -0.4 is 10.6 Å². The first kappa shape index (κ1) is 15.4. The molecule has 1 aromatic rings. The number of urea groups is 1. The molecule has 0 heterocycles. The van der Waals surface area contributed by atoms with Gasteiger partial charge in [-0.1, -0.05) is 29.6 Å². The smallest absolute Gasteiger partial charge is 0.319 e. The third kappa shape index (κ3) is 4.01. The van der Waals surface area contributed by atoms with Crippen molar-refractivity contribution in [2.24, 2.45) is 11.8 Å². The number of amides is 2. The Balaban J connectivity index is 1.85. The van der Waals surface area contributed by atoms with E-state index in [1.807, 2.05) is 0 Å². The van der Waals surface area contributed by atoms with Crippen LogP contribution in [0.1, 0.15) is 19.3 Å². The van der Waals surface area contributed by atoms with Crippen molar-refractivity contribution in [2.45, 2.75) is 19.3 Å². The summed E-state index contributed by atoms with van der Waals surface area (Å²) in [6.07, 6.45) is 3.19. The minimum Gasteiger partial charge on any atom is -0.396 e. The van der Waals surface area contributed by atoms with Crippen LogP contribution in [0.3, 0.4) is 0 Å². The topological polar surface area (TPSA) is 61.4 Å². The molecule has 0 aromatic heterocycles. The minimum atomic E-state index is -0.308. The Kier molecular flexibility index (Phi) is 5.52. The molecule has 0 aliphatic heterocycles. The van der Waals surface area contributed by atoms with Crippen LogP contribution in [0.4, 0.5) is 10.5 Å². The van der Waals surface area contributed by atoms with Gasteiger partial charge in [-0.15, -0.1) is 0 Å². The molecule has 2 rings (SSSR count). The highest BCUT2D eigenvalue weighted by molar-refractivity contribution is 6.35. The van der Waals surface area contributed by atoms with Gasteiger partial charge < -0.3 is 15.7 Å². The maximum atomic E-state index is 11.8. The molecule has 1 aliphatic rings. The van der Waals surface area contributed by atoms with Gasteiger partial charge >= 0.3 is 6.03 Å². The van der Waals surface area contributed by atoms with Crippen molar-refractivity contribution in [3.05, 3.63) is 28.2 Å². The highest BCUT2D eigenvalue weighted by atomic mass is 35.5. The highest BCUT2D eigenvalue weighted by Crippen LogP contribution is 2.30. The molecule has 0 bridgehead atoms. The number of aliphatic hydroxyl groups is 1. The van der Waals surface area contributed by atoms with Crippen LogP contribution in [0.25, 0.3) is 0 Å². The highest BCUT2D eigenvalue weighted by Gasteiger charge is 2.26. The second-order valence-electron chi connectivity index (χ2n) is 5.09. The lowest BCUT2D eigenvalue weighted by Crippen LogP contribution is -2.34. The van der Waals surface area contributed by atoms with Gasteiger partial charge in [0.25, 0.3) is 0 Å². The normalized spacial score (nSPS) is 21.8. The Morgan fingerprint density at radius 1 is 1.30 bits per heavy atom. The predicted octanol–water partition coefficient (Wildman–Crippen LogP) is 3.52. The Morgan fingerprint density at radius 2 is 2.05 bits per heavy atom. The van der Waals surface area contributed by atoms with E-state index in [0.717, 1.165) is 19.3 Å². The van der Waals surface area contributed by atoms with Crippen molar-refractivity contribution in [1.29, 1.82) is 0 Å². The number of benzene rings is 1. The number of halogens is 2. The minimum absolute atomic E-state index is 0.189. The molecule has 1 fully saturated rings. The summed E-state index contributed by atoms with van der Waals surface area (Å²) < 4.78 is 0. The predicted molar refractivity (Wildman–Crippen MR) is 81.4 cm³/mol. The summed E-state index contributed by atoms with van der Waals surface area (Å²) in [5.74, 6) is 0.644. The third-order valence-corrected chi connectivity index (χ3v) is 4.32. The van der Waals surface area contributed by atoms with E-state index >= 15 is 0 Å². The first-order valence-corrected chi connectivity index (χ1v) is 7.46. The Bertz CT molecular complexity index is 482. The zero-order chi connectivity index (χ0) is 14.5. The largest absolute Gasteiger partial charge is 0.396 e. The lowest BCUT2D eigenvalue weighted by atomic mass is 9.97. The number of hydrogen-bond donors (Lipinski definition) is 3. The fraction of sp³-hybridized carbons (Fsp3) is 0.500. The number of nitrogens with one attached hydrogen (secondary N) is 2. The van der Waals surface area contributed by atoms with E-state index in [1.54, 1.807) is 18.2 Å². The first-order chi connectivity index (χ1) is 9.60. The molecular formula is C14H18Cl2N2O2. The summed E-state index contributed by atoms with van der Waals surface area (Å²) in [7, 11) is 0. The number of carbonyl (C=O) groups is 1. The van der Waals surface area contributed by atoms with Crippen molar-refractivity contribution < 1.29 is 9.90 Å². The van der Waals surface area contributed by atoms with Crippen LogP contribution in [0, 0.1) is 11.8 Å². The zero-order valence-corrected chi connectivity index (χ0v) is 12.5. The monoisotopic (exact) mass is 316 g/mol. The van der Waals surface area contributed by atoms with Crippen molar-refractivity contribution in [3.8, 4) is 0 Å². The number of hydrogen-bond acceptors (Lipinski definition) is 2. The maximum absolute atomic E-state index is 11.8. The average Bonchev–Trinajstić information content (AvgIpc) is 2.88. The third-order valence-electron chi connectivity index (χ3n) is 3.75. The number of aliphatic hydroxyl groups excluding tert-OH is 1. The molecule has 110 valence electrons. The molecule has 4 nitrogen and oxygen atoms in total. The molecule has 1 saturated carbocycles. The number of carbonyl (C=O) groups excluding carboxylic acids is 1. The second-order valence-corrected chi connectivity index (χ2v) is 5.94. The molecular weight excluding hydrogens is 299 g/mol. The molecule has 0 spiro atoms. The number of rotatable bonds is 4. The molecule has 3 N–H and O–H groups in total. The average molecular weight is 317 g/mol. The van der Waals surface area contributed by atoms with Crippen molar-refractivity contribution in [2.75, 3.05) is 18.5 Å². The van der Waals surface area contributed by atoms with Crippen molar-refractivity contribution in [3.63, 3.8) is 0 Å². The van der Waals surface area contributed by atoms with Gasteiger partial charge in [-0.05, 0) is 42.9 Å². The molecule has 0 saturated heterocycles. The summed E-state index contributed by atoms with van der Waals surface area (Å²) in [6.45, 7) is 0.753. The molecule has 1 aromatic carbocycles. The van der Waals surface area contributed by atoms with Gasteiger partial charge in [-0.25, -0.2) is 4.79 Å². The fourth-order valence-electron chi connectivity index (χ4n) is 2.61. The van der Waals surface area contributed by atoms with Gasteiger partial charge in [0.15, 0.2) is 0 Å². The van der Waals surface area contributed by atoms with E-state index in [4.69, 9.17) is 23.2 Å². The van der Waals surface area contributed by atoms with E-state index in [1.165, 1.54) is 0 Å². The van der Waals surface area contributed by atoms with Gasteiger partial charge in [0.2, 0.25) is 0 Å². The summed E-state index contributed by atoms with van der Waals surface area (Å²) in [5, 5.41) is 15.7. The summed E-state index contributed by atoms with van der Waals surface area (Å²) in [5.41, 5.74) is 0.488. The van der Waals surface area contributed by atoms with E-state index in [0.29, 0.717) is 34.1 Å². The lowest BCUT2D eigenvalue weighted by Gasteiger charge is -2.18. The van der Waals surface area contributed by atoms with Gasteiger partial charge in [-0.3, -0.25) is 0 Å². The summed E-state index contributed by atoms with van der Waals surface area (Å²) in [4.78, 5) is 11.8. The summed E-state index contributed by atoms with van der Waals surface area (Å²) >= 11 is 11.8. The van der Waals surface area contributed by atoms with Gasteiger partial charge in [-0.2, -0.15) is 0 Å². The Labute approximate surface area is 128 Å². The maximum Gasteiger partial charge on any atom is 0.319 e. The van der Waals surface area contributed by atoms with Crippen LogP contribution in [0.2, 0.25) is 10.0 Å². The van der Waals surface area contributed by atoms with Crippen molar-refractivity contribution >= 4 is 34.9 Å². The Morgan fingerprint density at radius 3 is 2.80 bits per heavy atom. The molecule has 2 unspecified atom stereocenters.